The number of aromatic nitrogens is 1. The number of nitrogens with two attached hydrogens (primary N) is 1. The molecule has 1 aromatic rings. The summed E-state index contributed by atoms with van der Waals surface area (Å²) in [6.45, 7) is 16.1. The third kappa shape index (κ3) is 6.65. The van der Waals surface area contributed by atoms with Crippen LogP contribution < -0.4 is 15.4 Å². The minimum absolute atomic E-state index is 0.531. The average Bonchev–Trinajstić information content (AvgIpc) is 2.86. The molecule has 1 saturated heterocycles. The smallest absolute Gasteiger partial charge is 0.217 e. The van der Waals surface area contributed by atoms with Crippen molar-refractivity contribution in [3.05, 3.63) is 12.1 Å². The highest BCUT2D eigenvalue weighted by molar-refractivity contribution is 5.55. The van der Waals surface area contributed by atoms with E-state index in [9.17, 15) is 0 Å². The van der Waals surface area contributed by atoms with Gasteiger partial charge in [0, 0.05) is 50.5 Å². The summed E-state index contributed by atoms with van der Waals surface area (Å²) < 4.78 is 5.96. The third-order valence-corrected chi connectivity index (χ3v) is 4.94. The lowest BCUT2D eigenvalue weighted by molar-refractivity contribution is 0.206. The molecule has 0 saturated carbocycles. The molecule has 1 aliphatic heterocycles. The highest BCUT2D eigenvalue weighted by Gasteiger charge is 2.14. The summed E-state index contributed by atoms with van der Waals surface area (Å²) in [6, 6.07) is 3.98. The van der Waals surface area contributed by atoms with Crippen molar-refractivity contribution < 1.29 is 4.74 Å². The van der Waals surface area contributed by atoms with E-state index in [-0.39, 0.29) is 0 Å². The Hall–Kier alpha value is -1.53. The molecular formula is C20H37N5O. The number of nitrogen functional groups attached to an aromatic ring is 1. The molecular weight excluding hydrogens is 326 g/mol. The van der Waals surface area contributed by atoms with E-state index in [1.807, 2.05) is 12.1 Å². The van der Waals surface area contributed by atoms with E-state index >= 15 is 0 Å². The Morgan fingerprint density at radius 1 is 1.04 bits per heavy atom. The van der Waals surface area contributed by atoms with Gasteiger partial charge in [-0.2, -0.15) is 4.98 Å². The monoisotopic (exact) mass is 363 g/mol. The zero-order chi connectivity index (χ0) is 18.8. The van der Waals surface area contributed by atoms with Crippen LogP contribution in [-0.2, 0) is 0 Å². The minimum Gasteiger partial charge on any atom is -0.476 e. The van der Waals surface area contributed by atoms with Crippen LogP contribution >= 0.6 is 0 Å². The Morgan fingerprint density at radius 2 is 1.73 bits per heavy atom. The number of nitrogens with zero attached hydrogens (tertiary/aromatic N) is 4. The quantitative estimate of drug-likeness (QED) is 0.690. The van der Waals surface area contributed by atoms with Crippen LogP contribution in [0.25, 0.3) is 0 Å². The topological polar surface area (TPSA) is 57.9 Å². The molecule has 148 valence electrons. The summed E-state index contributed by atoms with van der Waals surface area (Å²) in [6.07, 6.45) is 3.46. The van der Waals surface area contributed by atoms with Gasteiger partial charge in [-0.25, -0.2) is 0 Å². The molecule has 0 amide bonds. The third-order valence-electron chi connectivity index (χ3n) is 4.94. The molecule has 0 aliphatic carbocycles. The van der Waals surface area contributed by atoms with Gasteiger partial charge in [-0.15, -0.1) is 0 Å². The van der Waals surface area contributed by atoms with Crippen molar-refractivity contribution in [2.45, 2.75) is 40.0 Å². The van der Waals surface area contributed by atoms with Gasteiger partial charge in [0.15, 0.2) is 0 Å². The van der Waals surface area contributed by atoms with Gasteiger partial charge in [0.1, 0.15) is 12.4 Å². The molecule has 1 aromatic heterocycles. The summed E-state index contributed by atoms with van der Waals surface area (Å²) >= 11 is 0. The Balaban J connectivity index is 1.88. The number of ether oxygens (including phenoxy) is 1. The van der Waals surface area contributed by atoms with Gasteiger partial charge < -0.3 is 20.3 Å². The lowest BCUT2D eigenvalue weighted by Gasteiger charge is -2.24. The molecule has 2 rings (SSSR count). The van der Waals surface area contributed by atoms with Crippen molar-refractivity contribution in [1.29, 1.82) is 0 Å². The molecule has 2 N–H and O–H groups in total. The van der Waals surface area contributed by atoms with E-state index in [0.717, 1.165) is 64.3 Å². The first-order valence-corrected chi connectivity index (χ1v) is 10.3. The van der Waals surface area contributed by atoms with E-state index in [4.69, 9.17) is 10.5 Å². The standard InChI is InChI=1S/C20H37N5O/c1-4-8-25(9-5-2)18-16-19(21)22-20(17-18)26-15-14-24-11-7-10-23(6-3)12-13-24/h16-17H,4-15H2,1-3H3,(H2,21,22). The fourth-order valence-corrected chi connectivity index (χ4v) is 3.52. The maximum absolute atomic E-state index is 6.02. The van der Waals surface area contributed by atoms with Crippen molar-refractivity contribution >= 4 is 11.5 Å². The Labute approximate surface area is 159 Å². The van der Waals surface area contributed by atoms with Crippen LogP contribution in [-0.4, -0.2) is 73.7 Å². The fourth-order valence-electron chi connectivity index (χ4n) is 3.52. The van der Waals surface area contributed by atoms with Crippen LogP contribution in [0, 0.1) is 0 Å². The molecule has 1 fully saturated rings. The van der Waals surface area contributed by atoms with Crippen molar-refractivity contribution in [1.82, 2.24) is 14.8 Å². The normalized spacial score (nSPS) is 16.4. The first kappa shape index (κ1) is 20.8. The van der Waals surface area contributed by atoms with E-state index in [2.05, 4.69) is 40.5 Å². The highest BCUT2D eigenvalue weighted by Crippen LogP contribution is 2.23. The van der Waals surface area contributed by atoms with Crippen molar-refractivity contribution in [3.8, 4) is 5.88 Å². The summed E-state index contributed by atoms with van der Waals surface area (Å²) in [5.41, 5.74) is 7.14. The molecule has 6 nitrogen and oxygen atoms in total. The van der Waals surface area contributed by atoms with E-state index in [1.54, 1.807) is 0 Å². The van der Waals surface area contributed by atoms with Crippen LogP contribution in [0.5, 0.6) is 5.88 Å². The van der Waals surface area contributed by atoms with Gasteiger partial charge in [-0.3, -0.25) is 4.90 Å². The second-order valence-corrected chi connectivity index (χ2v) is 7.05. The molecule has 0 aromatic carbocycles. The zero-order valence-corrected chi connectivity index (χ0v) is 16.9. The van der Waals surface area contributed by atoms with Crippen molar-refractivity contribution in [2.24, 2.45) is 0 Å². The summed E-state index contributed by atoms with van der Waals surface area (Å²) in [5, 5.41) is 0. The van der Waals surface area contributed by atoms with Gasteiger partial charge in [-0.1, -0.05) is 20.8 Å². The molecule has 0 spiro atoms. The molecule has 26 heavy (non-hydrogen) atoms. The van der Waals surface area contributed by atoms with E-state index in [1.165, 1.54) is 13.0 Å². The van der Waals surface area contributed by atoms with Crippen LogP contribution in [0.2, 0.25) is 0 Å². The van der Waals surface area contributed by atoms with Crippen LogP contribution in [0.1, 0.15) is 40.0 Å². The Morgan fingerprint density at radius 3 is 2.42 bits per heavy atom. The molecule has 0 radical (unpaired) electrons. The van der Waals surface area contributed by atoms with Gasteiger partial charge >= 0.3 is 0 Å². The Bertz CT molecular complexity index is 519. The molecule has 0 atom stereocenters. The van der Waals surface area contributed by atoms with Crippen molar-refractivity contribution in [3.63, 3.8) is 0 Å². The largest absolute Gasteiger partial charge is 0.476 e. The highest BCUT2D eigenvalue weighted by atomic mass is 16.5. The first-order valence-electron chi connectivity index (χ1n) is 10.3. The van der Waals surface area contributed by atoms with Gasteiger partial charge in [0.05, 0.1) is 0 Å². The lowest BCUT2D eigenvalue weighted by atomic mass is 10.3. The molecule has 0 bridgehead atoms. The second kappa shape index (κ2) is 11.2. The van der Waals surface area contributed by atoms with Crippen LogP contribution in [0.15, 0.2) is 12.1 Å². The number of hydrogen-bond donors (Lipinski definition) is 1. The van der Waals surface area contributed by atoms with Gasteiger partial charge in [0.2, 0.25) is 5.88 Å². The number of likely N-dealkylation sites (N-methyl/N-ethyl adjacent to an activating group) is 1. The van der Waals surface area contributed by atoms with E-state index in [0.29, 0.717) is 18.3 Å². The molecule has 2 heterocycles. The zero-order valence-electron chi connectivity index (χ0n) is 16.9. The predicted octanol–water partition coefficient (Wildman–Crippen LogP) is 2.70. The minimum atomic E-state index is 0.531. The molecule has 1 aliphatic rings. The molecule has 0 unspecified atom stereocenters. The molecule has 6 heteroatoms. The summed E-state index contributed by atoms with van der Waals surface area (Å²) in [7, 11) is 0. The predicted molar refractivity (Wildman–Crippen MR) is 110 cm³/mol. The number of anilines is 2. The summed E-state index contributed by atoms with van der Waals surface area (Å²) in [5.74, 6) is 1.17. The van der Waals surface area contributed by atoms with Crippen LogP contribution in [0.3, 0.4) is 0 Å². The SMILES string of the molecule is CCCN(CCC)c1cc(N)nc(OCCN2CCCN(CC)CC2)c1. The van der Waals surface area contributed by atoms with Crippen LogP contribution in [0.4, 0.5) is 11.5 Å². The Kier molecular flexibility index (Phi) is 8.98. The summed E-state index contributed by atoms with van der Waals surface area (Å²) in [4.78, 5) is 11.7. The second-order valence-electron chi connectivity index (χ2n) is 7.05. The lowest BCUT2D eigenvalue weighted by Crippen LogP contribution is -2.33. The average molecular weight is 364 g/mol. The number of rotatable bonds is 10. The van der Waals surface area contributed by atoms with Gasteiger partial charge in [0.25, 0.3) is 0 Å². The van der Waals surface area contributed by atoms with Gasteiger partial charge in [-0.05, 0) is 38.9 Å². The maximum atomic E-state index is 6.02. The van der Waals surface area contributed by atoms with Crippen molar-refractivity contribution in [2.75, 3.05) is 69.6 Å². The maximum Gasteiger partial charge on any atom is 0.217 e. The number of pyridine rings is 1. The van der Waals surface area contributed by atoms with E-state index < -0.39 is 0 Å². The first-order chi connectivity index (χ1) is 12.7. The fraction of sp³-hybridized carbons (Fsp3) is 0.750. The number of hydrogen-bond acceptors (Lipinski definition) is 6.